The first-order valence-corrected chi connectivity index (χ1v) is 6.60. The zero-order valence-electron chi connectivity index (χ0n) is 10.9. The highest BCUT2D eigenvalue weighted by molar-refractivity contribution is 9.10. The van der Waals surface area contributed by atoms with Gasteiger partial charge in [-0.25, -0.2) is 0 Å². The van der Waals surface area contributed by atoms with Crippen LogP contribution in [0.15, 0.2) is 22.7 Å². The Morgan fingerprint density at radius 3 is 2.58 bits per heavy atom. The van der Waals surface area contributed by atoms with Crippen molar-refractivity contribution in [3.63, 3.8) is 0 Å². The van der Waals surface area contributed by atoms with E-state index in [1.165, 1.54) is 0 Å². The van der Waals surface area contributed by atoms with Crippen LogP contribution in [0.1, 0.15) is 37.0 Å². The molecule has 0 fully saturated rings. The SMILES string of the molecule is CC(C)(CCC(=O)O)Nc1ccc(Br)cc1C(N)=O. The van der Waals surface area contributed by atoms with E-state index >= 15 is 0 Å². The molecule has 0 bridgehead atoms. The van der Waals surface area contributed by atoms with Gasteiger partial charge in [0.2, 0.25) is 0 Å². The average molecular weight is 329 g/mol. The number of carboxylic acid groups (broad SMARTS) is 1. The lowest BCUT2D eigenvalue weighted by Gasteiger charge is -2.28. The quantitative estimate of drug-likeness (QED) is 0.748. The summed E-state index contributed by atoms with van der Waals surface area (Å²) >= 11 is 3.28. The molecule has 1 aromatic rings. The molecule has 0 aliphatic carbocycles. The maximum Gasteiger partial charge on any atom is 0.303 e. The largest absolute Gasteiger partial charge is 0.481 e. The molecule has 1 amide bonds. The van der Waals surface area contributed by atoms with Gasteiger partial charge in [-0.15, -0.1) is 0 Å². The third kappa shape index (κ3) is 4.90. The second-order valence-corrected chi connectivity index (χ2v) is 5.87. The molecule has 0 saturated carbocycles. The molecule has 19 heavy (non-hydrogen) atoms. The molecule has 0 aliphatic rings. The molecule has 0 heterocycles. The maximum atomic E-state index is 11.4. The van der Waals surface area contributed by atoms with Crippen LogP contribution in [0, 0.1) is 0 Å². The summed E-state index contributed by atoms with van der Waals surface area (Å²) in [6.45, 7) is 3.76. The summed E-state index contributed by atoms with van der Waals surface area (Å²) < 4.78 is 0.759. The van der Waals surface area contributed by atoms with Gasteiger partial charge in [0.1, 0.15) is 0 Å². The summed E-state index contributed by atoms with van der Waals surface area (Å²) in [6.07, 6.45) is 0.499. The molecular formula is C13H17BrN2O3. The third-order valence-electron chi connectivity index (χ3n) is 2.68. The number of aliphatic carboxylic acids is 1. The number of benzene rings is 1. The standard InChI is InChI=1S/C13H17BrN2O3/c1-13(2,6-5-11(17)18)16-10-4-3-8(14)7-9(10)12(15)19/h3-4,7,16H,5-6H2,1-2H3,(H2,15,19)(H,17,18). The molecule has 104 valence electrons. The second kappa shape index (κ2) is 6.06. The van der Waals surface area contributed by atoms with Crippen molar-refractivity contribution >= 4 is 33.5 Å². The van der Waals surface area contributed by atoms with E-state index in [4.69, 9.17) is 10.8 Å². The van der Waals surface area contributed by atoms with Gasteiger partial charge in [0.05, 0.1) is 5.56 Å². The van der Waals surface area contributed by atoms with Crippen LogP contribution >= 0.6 is 15.9 Å². The van der Waals surface area contributed by atoms with E-state index in [0.29, 0.717) is 17.7 Å². The van der Waals surface area contributed by atoms with Gasteiger partial charge in [-0.1, -0.05) is 15.9 Å². The lowest BCUT2D eigenvalue weighted by molar-refractivity contribution is -0.137. The molecule has 5 nitrogen and oxygen atoms in total. The molecule has 0 unspecified atom stereocenters. The van der Waals surface area contributed by atoms with Crippen molar-refractivity contribution in [2.45, 2.75) is 32.2 Å². The van der Waals surface area contributed by atoms with Gasteiger partial charge in [-0.2, -0.15) is 0 Å². The van der Waals surface area contributed by atoms with Crippen molar-refractivity contribution in [1.82, 2.24) is 0 Å². The predicted molar refractivity (Wildman–Crippen MR) is 77.2 cm³/mol. The fraction of sp³-hybridized carbons (Fsp3) is 0.385. The Bertz CT molecular complexity index is 501. The number of carbonyl (C=O) groups is 2. The predicted octanol–water partition coefficient (Wildman–Crippen LogP) is 2.60. The molecule has 0 saturated heterocycles. The molecule has 6 heteroatoms. The summed E-state index contributed by atoms with van der Waals surface area (Å²) in [5.74, 6) is -1.38. The van der Waals surface area contributed by atoms with E-state index in [1.54, 1.807) is 18.2 Å². The highest BCUT2D eigenvalue weighted by atomic mass is 79.9. The molecule has 1 aromatic carbocycles. The average Bonchev–Trinajstić information content (AvgIpc) is 2.28. The topological polar surface area (TPSA) is 92.4 Å². The summed E-state index contributed by atoms with van der Waals surface area (Å²) in [5, 5.41) is 11.9. The van der Waals surface area contributed by atoms with Gasteiger partial charge in [-0.05, 0) is 38.5 Å². The Balaban J connectivity index is 2.92. The van der Waals surface area contributed by atoms with Crippen molar-refractivity contribution in [3.05, 3.63) is 28.2 Å². The number of hydrogen-bond donors (Lipinski definition) is 3. The van der Waals surface area contributed by atoms with E-state index in [0.717, 1.165) is 4.47 Å². The molecule has 0 atom stereocenters. The normalized spacial score (nSPS) is 11.1. The highest BCUT2D eigenvalue weighted by Crippen LogP contribution is 2.25. The van der Waals surface area contributed by atoms with Gasteiger partial charge >= 0.3 is 5.97 Å². The zero-order valence-corrected chi connectivity index (χ0v) is 12.5. The van der Waals surface area contributed by atoms with Crippen molar-refractivity contribution in [2.24, 2.45) is 5.73 Å². The summed E-state index contributed by atoms with van der Waals surface area (Å²) in [6, 6.07) is 5.17. The van der Waals surface area contributed by atoms with Crippen LogP contribution in [0.25, 0.3) is 0 Å². The summed E-state index contributed by atoms with van der Waals surface area (Å²) in [7, 11) is 0. The molecule has 0 aromatic heterocycles. The second-order valence-electron chi connectivity index (χ2n) is 4.96. The van der Waals surface area contributed by atoms with Gasteiger partial charge in [-0.3, -0.25) is 9.59 Å². The highest BCUT2D eigenvalue weighted by Gasteiger charge is 2.21. The number of anilines is 1. The first kappa shape index (κ1) is 15.5. The number of nitrogens with one attached hydrogen (secondary N) is 1. The number of primary amides is 1. The van der Waals surface area contributed by atoms with Crippen molar-refractivity contribution in [3.8, 4) is 0 Å². The number of carbonyl (C=O) groups excluding carboxylic acids is 1. The lowest BCUT2D eigenvalue weighted by Crippen LogP contribution is -2.32. The third-order valence-corrected chi connectivity index (χ3v) is 3.18. The molecule has 1 rings (SSSR count). The minimum Gasteiger partial charge on any atom is -0.481 e. The number of nitrogens with two attached hydrogens (primary N) is 1. The monoisotopic (exact) mass is 328 g/mol. The number of hydrogen-bond acceptors (Lipinski definition) is 3. The first-order valence-electron chi connectivity index (χ1n) is 5.80. The van der Waals surface area contributed by atoms with Gasteiger partial charge in [0.15, 0.2) is 0 Å². The Morgan fingerprint density at radius 2 is 2.05 bits per heavy atom. The van der Waals surface area contributed by atoms with Crippen molar-refractivity contribution in [1.29, 1.82) is 0 Å². The smallest absolute Gasteiger partial charge is 0.303 e. The molecule has 0 aliphatic heterocycles. The van der Waals surface area contributed by atoms with Crippen LogP contribution in [0.3, 0.4) is 0 Å². The van der Waals surface area contributed by atoms with E-state index in [9.17, 15) is 9.59 Å². The molecule has 0 spiro atoms. The number of amides is 1. The van der Waals surface area contributed by atoms with Crippen LogP contribution in [0.4, 0.5) is 5.69 Å². The van der Waals surface area contributed by atoms with Crippen LogP contribution in [-0.2, 0) is 4.79 Å². The minimum atomic E-state index is -0.846. The molecule has 4 N–H and O–H groups in total. The van der Waals surface area contributed by atoms with E-state index < -0.39 is 17.4 Å². The van der Waals surface area contributed by atoms with Crippen LogP contribution < -0.4 is 11.1 Å². The molecule has 0 radical (unpaired) electrons. The summed E-state index contributed by atoms with van der Waals surface area (Å²) in [4.78, 5) is 22.0. The fourth-order valence-electron chi connectivity index (χ4n) is 1.68. The Labute approximate surface area is 120 Å². The van der Waals surface area contributed by atoms with Crippen molar-refractivity contribution in [2.75, 3.05) is 5.32 Å². The van der Waals surface area contributed by atoms with E-state index in [-0.39, 0.29) is 6.42 Å². The maximum absolute atomic E-state index is 11.4. The molecular weight excluding hydrogens is 312 g/mol. The van der Waals surface area contributed by atoms with Gasteiger partial charge in [0, 0.05) is 22.1 Å². The number of rotatable bonds is 6. The fourth-order valence-corrected chi connectivity index (χ4v) is 2.04. The van der Waals surface area contributed by atoms with E-state index in [1.807, 2.05) is 13.8 Å². The Hall–Kier alpha value is -1.56. The van der Waals surface area contributed by atoms with Gasteiger partial charge in [0.25, 0.3) is 5.91 Å². The lowest BCUT2D eigenvalue weighted by atomic mass is 9.97. The van der Waals surface area contributed by atoms with Crippen LogP contribution in [0.2, 0.25) is 0 Å². The minimum absolute atomic E-state index is 0.0580. The number of carboxylic acids is 1. The number of halogens is 1. The zero-order chi connectivity index (χ0) is 14.6. The summed E-state index contributed by atoms with van der Waals surface area (Å²) in [5.41, 5.74) is 5.86. The van der Waals surface area contributed by atoms with Crippen molar-refractivity contribution < 1.29 is 14.7 Å². The van der Waals surface area contributed by atoms with Crippen LogP contribution in [-0.4, -0.2) is 22.5 Å². The van der Waals surface area contributed by atoms with Gasteiger partial charge < -0.3 is 16.2 Å². The Kier molecular flexibility index (Phi) is 4.94. The van der Waals surface area contributed by atoms with E-state index in [2.05, 4.69) is 21.2 Å². The first-order chi connectivity index (χ1) is 8.71. The van der Waals surface area contributed by atoms with Crippen LogP contribution in [0.5, 0.6) is 0 Å². The Morgan fingerprint density at radius 1 is 1.42 bits per heavy atom.